The average molecular weight is 275 g/mol. The Hall–Kier alpha value is -1.48. The van der Waals surface area contributed by atoms with Crippen LogP contribution >= 0.6 is 0 Å². The highest BCUT2D eigenvalue weighted by Crippen LogP contribution is 2.31. The third-order valence-corrected chi connectivity index (χ3v) is 4.06. The van der Waals surface area contributed by atoms with Crippen molar-refractivity contribution in [3.05, 3.63) is 34.6 Å². The molecule has 0 bridgehead atoms. The van der Waals surface area contributed by atoms with E-state index in [1.165, 1.54) is 6.07 Å². The van der Waals surface area contributed by atoms with Gasteiger partial charge in [-0.2, -0.15) is 5.26 Å². The van der Waals surface area contributed by atoms with Crippen LogP contribution in [0.25, 0.3) is 0 Å². The van der Waals surface area contributed by atoms with Crippen molar-refractivity contribution in [1.29, 1.82) is 5.26 Å². The SMILES string of the molecule is N#Cc1c(F)ccc2c1CCO[C@@H]2CN1CCNCC1. The van der Waals surface area contributed by atoms with E-state index in [-0.39, 0.29) is 11.7 Å². The largest absolute Gasteiger partial charge is 0.372 e. The Morgan fingerprint density at radius 1 is 1.40 bits per heavy atom. The van der Waals surface area contributed by atoms with Gasteiger partial charge in [-0.05, 0) is 23.6 Å². The van der Waals surface area contributed by atoms with Gasteiger partial charge in [0.05, 0.1) is 18.3 Å². The third kappa shape index (κ3) is 2.55. The molecular weight excluding hydrogens is 257 g/mol. The van der Waals surface area contributed by atoms with Crippen LogP contribution in [0.2, 0.25) is 0 Å². The first-order valence-corrected chi connectivity index (χ1v) is 7.05. The molecule has 2 heterocycles. The van der Waals surface area contributed by atoms with Crippen molar-refractivity contribution in [2.45, 2.75) is 12.5 Å². The first-order chi connectivity index (χ1) is 9.79. The second-order valence-corrected chi connectivity index (χ2v) is 5.26. The van der Waals surface area contributed by atoms with Crippen LogP contribution in [0.5, 0.6) is 0 Å². The van der Waals surface area contributed by atoms with Gasteiger partial charge in [-0.15, -0.1) is 0 Å². The van der Waals surface area contributed by atoms with Gasteiger partial charge in [-0.1, -0.05) is 6.07 Å². The first-order valence-electron chi connectivity index (χ1n) is 7.05. The summed E-state index contributed by atoms with van der Waals surface area (Å²) in [4.78, 5) is 2.35. The molecular formula is C15H18FN3O. The zero-order valence-electron chi connectivity index (χ0n) is 11.4. The van der Waals surface area contributed by atoms with Crippen LogP contribution in [-0.2, 0) is 11.2 Å². The van der Waals surface area contributed by atoms with E-state index in [0.717, 1.165) is 43.9 Å². The number of hydrogen-bond acceptors (Lipinski definition) is 4. The molecule has 0 amide bonds. The maximum Gasteiger partial charge on any atom is 0.141 e. The Kier molecular flexibility index (Phi) is 3.97. The highest BCUT2D eigenvalue weighted by atomic mass is 19.1. The Bertz CT molecular complexity index is 535. The lowest BCUT2D eigenvalue weighted by Crippen LogP contribution is -2.45. The third-order valence-electron chi connectivity index (χ3n) is 4.06. The summed E-state index contributed by atoms with van der Waals surface area (Å²) < 4.78 is 19.5. The molecule has 20 heavy (non-hydrogen) atoms. The second-order valence-electron chi connectivity index (χ2n) is 5.26. The summed E-state index contributed by atoms with van der Waals surface area (Å²) in [6, 6.07) is 5.15. The predicted octanol–water partition coefficient (Wildman–Crippen LogP) is 1.22. The molecule has 1 saturated heterocycles. The number of fused-ring (bicyclic) bond motifs is 1. The summed E-state index contributed by atoms with van der Waals surface area (Å²) in [7, 11) is 0. The van der Waals surface area contributed by atoms with Gasteiger partial charge < -0.3 is 10.1 Å². The van der Waals surface area contributed by atoms with E-state index in [1.807, 2.05) is 6.07 Å². The van der Waals surface area contributed by atoms with E-state index in [2.05, 4.69) is 10.2 Å². The normalized spacial score (nSPS) is 23.1. The molecule has 0 radical (unpaired) electrons. The van der Waals surface area contributed by atoms with Crippen molar-refractivity contribution < 1.29 is 9.13 Å². The lowest BCUT2D eigenvalue weighted by atomic mass is 9.92. The second kappa shape index (κ2) is 5.88. The molecule has 0 unspecified atom stereocenters. The lowest BCUT2D eigenvalue weighted by molar-refractivity contribution is 0.0134. The molecule has 4 nitrogen and oxygen atoms in total. The van der Waals surface area contributed by atoms with Gasteiger partial charge in [-0.25, -0.2) is 4.39 Å². The minimum Gasteiger partial charge on any atom is -0.372 e. The van der Waals surface area contributed by atoms with Crippen molar-refractivity contribution in [3.63, 3.8) is 0 Å². The van der Waals surface area contributed by atoms with E-state index in [1.54, 1.807) is 6.07 Å². The number of rotatable bonds is 2. The zero-order chi connectivity index (χ0) is 13.9. The number of nitrogens with zero attached hydrogens (tertiary/aromatic N) is 2. The van der Waals surface area contributed by atoms with Crippen molar-refractivity contribution in [3.8, 4) is 6.07 Å². The topological polar surface area (TPSA) is 48.3 Å². The Balaban J connectivity index is 1.84. The Labute approximate surface area is 118 Å². The van der Waals surface area contributed by atoms with E-state index in [9.17, 15) is 4.39 Å². The van der Waals surface area contributed by atoms with Gasteiger partial charge in [-0.3, -0.25) is 4.90 Å². The molecule has 106 valence electrons. The van der Waals surface area contributed by atoms with Crippen molar-refractivity contribution in [2.75, 3.05) is 39.3 Å². The Morgan fingerprint density at radius 2 is 2.20 bits per heavy atom. The fourth-order valence-electron chi connectivity index (χ4n) is 3.00. The number of benzene rings is 1. The Morgan fingerprint density at radius 3 is 2.95 bits per heavy atom. The molecule has 1 aromatic rings. The van der Waals surface area contributed by atoms with Crippen LogP contribution < -0.4 is 5.32 Å². The summed E-state index contributed by atoms with van der Waals surface area (Å²) in [5.74, 6) is -0.422. The molecule has 2 aliphatic heterocycles. The number of piperazine rings is 1. The average Bonchev–Trinajstić information content (AvgIpc) is 2.48. The van der Waals surface area contributed by atoms with Gasteiger partial charge in [0.2, 0.25) is 0 Å². The number of hydrogen-bond donors (Lipinski definition) is 1. The van der Waals surface area contributed by atoms with Gasteiger partial charge in [0.1, 0.15) is 11.9 Å². The lowest BCUT2D eigenvalue weighted by Gasteiger charge is -2.34. The minimum absolute atomic E-state index is 0.0513. The quantitative estimate of drug-likeness (QED) is 0.881. The minimum atomic E-state index is -0.422. The van der Waals surface area contributed by atoms with E-state index < -0.39 is 5.82 Å². The van der Waals surface area contributed by atoms with E-state index in [4.69, 9.17) is 10.00 Å². The van der Waals surface area contributed by atoms with Crippen molar-refractivity contribution in [1.82, 2.24) is 10.2 Å². The molecule has 0 aliphatic carbocycles. The highest BCUT2D eigenvalue weighted by Gasteiger charge is 2.26. The van der Waals surface area contributed by atoms with E-state index >= 15 is 0 Å². The number of ether oxygens (including phenoxy) is 1. The van der Waals surface area contributed by atoms with Crippen molar-refractivity contribution >= 4 is 0 Å². The standard InChI is InChI=1S/C15H18FN3O/c16-14-2-1-12-11(13(14)9-17)3-8-20-15(12)10-19-6-4-18-5-7-19/h1-2,15,18H,3-8,10H2/t15-/m1/s1. The van der Waals surface area contributed by atoms with Crippen LogP contribution in [0.4, 0.5) is 4.39 Å². The fraction of sp³-hybridized carbons (Fsp3) is 0.533. The summed E-state index contributed by atoms with van der Waals surface area (Å²) in [6.07, 6.45) is 0.568. The highest BCUT2D eigenvalue weighted by molar-refractivity contribution is 5.46. The fourth-order valence-corrected chi connectivity index (χ4v) is 3.00. The summed E-state index contributed by atoms with van der Waals surface area (Å²) >= 11 is 0. The molecule has 0 saturated carbocycles. The maximum absolute atomic E-state index is 13.7. The molecule has 0 aromatic heterocycles. The zero-order valence-corrected chi connectivity index (χ0v) is 11.4. The summed E-state index contributed by atoms with van der Waals surface area (Å²) in [6.45, 7) is 5.36. The van der Waals surface area contributed by atoms with Gasteiger partial charge in [0.25, 0.3) is 0 Å². The molecule has 5 heteroatoms. The summed E-state index contributed by atoms with van der Waals surface area (Å²) in [5, 5.41) is 12.5. The van der Waals surface area contributed by atoms with E-state index in [0.29, 0.717) is 13.0 Å². The van der Waals surface area contributed by atoms with Crippen LogP contribution in [-0.4, -0.2) is 44.2 Å². The molecule has 1 fully saturated rings. The van der Waals surface area contributed by atoms with Crippen molar-refractivity contribution in [2.24, 2.45) is 0 Å². The molecule has 1 aromatic carbocycles. The molecule has 0 spiro atoms. The molecule has 1 atom stereocenters. The molecule has 1 N–H and O–H groups in total. The van der Waals surface area contributed by atoms with Gasteiger partial charge in [0.15, 0.2) is 0 Å². The smallest absolute Gasteiger partial charge is 0.141 e. The van der Waals surface area contributed by atoms with Gasteiger partial charge in [0, 0.05) is 32.7 Å². The maximum atomic E-state index is 13.7. The van der Waals surface area contributed by atoms with Gasteiger partial charge >= 0.3 is 0 Å². The summed E-state index contributed by atoms with van der Waals surface area (Å²) in [5.41, 5.74) is 2.00. The van der Waals surface area contributed by atoms with Crippen LogP contribution in [0.15, 0.2) is 12.1 Å². The number of halogens is 1. The predicted molar refractivity (Wildman–Crippen MR) is 72.8 cm³/mol. The monoisotopic (exact) mass is 275 g/mol. The van der Waals surface area contributed by atoms with Crippen LogP contribution in [0.3, 0.4) is 0 Å². The van der Waals surface area contributed by atoms with Crippen LogP contribution in [0, 0.1) is 17.1 Å². The first kappa shape index (κ1) is 13.5. The molecule has 3 rings (SSSR count). The number of nitriles is 1. The van der Waals surface area contributed by atoms with Crippen LogP contribution in [0.1, 0.15) is 22.8 Å². The number of nitrogens with one attached hydrogen (secondary N) is 1. The molecule has 2 aliphatic rings.